The number of likely N-dealkylation sites (tertiary alicyclic amines) is 1. The van der Waals surface area contributed by atoms with Gasteiger partial charge >= 0.3 is 0 Å². The monoisotopic (exact) mass is 435 g/mol. The van der Waals surface area contributed by atoms with E-state index in [1.807, 2.05) is 13.8 Å². The minimum Gasteiger partial charge on any atom is -0.444 e. The second kappa shape index (κ2) is 9.46. The van der Waals surface area contributed by atoms with Crippen molar-refractivity contribution in [2.45, 2.75) is 53.1 Å². The zero-order valence-corrected chi connectivity index (χ0v) is 17.0. The first-order valence-electron chi connectivity index (χ1n) is 8.15. The number of aryl methyl sites for hydroxylation is 2. The molecule has 0 unspecified atom stereocenters. The largest absolute Gasteiger partial charge is 0.444 e. The summed E-state index contributed by atoms with van der Waals surface area (Å²) in [6, 6.07) is 0.332. The standard InChI is InChI=1S/C16H29N5O.HI/c1-11(2)19-16(17)18-9-14-5-7-21(8-6-14)10-15-20-12(3)13(4)22-15;/h11,14H,5-10H2,1-4H3,(H3,17,18,19);1H. The molecule has 3 N–H and O–H groups in total. The Labute approximate surface area is 156 Å². The van der Waals surface area contributed by atoms with Gasteiger partial charge in [0.2, 0.25) is 5.89 Å². The van der Waals surface area contributed by atoms with Crippen molar-refractivity contribution in [1.29, 1.82) is 0 Å². The quantitative estimate of drug-likeness (QED) is 0.422. The van der Waals surface area contributed by atoms with Gasteiger partial charge in [0, 0.05) is 12.6 Å². The minimum atomic E-state index is 0. The van der Waals surface area contributed by atoms with Gasteiger partial charge in [-0.3, -0.25) is 9.89 Å². The molecule has 2 rings (SSSR count). The zero-order valence-electron chi connectivity index (χ0n) is 14.6. The van der Waals surface area contributed by atoms with Crippen LogP contribution in [-0.2, 0) is 6.54 Å². The summed E-state index contributed by atoms with van der Waals surface area (Å²) in [5, 5.41) is 3.13. The third kappa shape index (κ3) is 6.66. The lowest BCUT2D eigenvalue weighted by Gasteiger charge is -2.30. The van der Waals surface area contributed by atoms with E-state index in [1.54, 1.807) is 0 Å². The van der Waals surface area contributed by atoms with Gasteiger partial charge in [-0.1, -0.05) is 0 Å². The molecule has 1 aliphatic heterocycles. The van der Waals surface area contributed by atoms with Gasteiger partial charge in [0.15, 0.2) is 5.96 Å². The summed E-state index contributed by atoms with van der Waals surface area (Å²) in [7, 11) is 0. The van der Waals surface area contributed by atoms with E-state index in [2.05, 4.69) is 34.0 Å². The Morgan fingerprint density at radius 1 is 1.39 bits per heavy atom. The van der Waals surface area contributed by atoms with Crippen LogP contribution in [0.15, 0.2) is 9.41 Å². The van der Waals surface area contributed by atoms with Crippen LogP contribution in [0.3, 0.4) is 0 Å². The fourth-order valence-corrected chi connectivity index (χ4v) is 2.69. The molecule has 1 aliphatic rings. The Morgan fingerprint density at radius 2 is 2.04 bits per heavy atom. The molecule has 1 saturated heterocycles. The number of nitrogens with one attached hydrogen (secondary N) is 1. The van der Waals surface area contributed by atoms with Crippen LogP contribution in [-0.4, -0.2) is 41.5 Å². The average molecular weight is 435 g/mol. The molecule has 1 fully saturated rings. The molecule has 0 spiro atoms. The number of nitrogens with two attached hydrogens (primary N) is 1. The Hall–Kier alpha value is -0.830. The number of nitrogens with zero attached hydrogens (tertiary/aromatic N) is 3. The van der Waals surface area contributed by atoms with E-state index in [-0.39, 0.29) is 24.0 Å². The maximum Gasteiger partial charge on any atom is 0.208 e. The van der Waals surface area contributed by atoms with Crippen LogP contribution >= 0.6 is 24.0 Å². The summed E-state index contributed by atoms with van der Waals surface area (Å²) < 4.78 is 5.66. The second-order valence-electron chi connectivity index (χ2n) is 6.49. The van der Waals surface area contributed by atoms with Crippen LogP contribution in [0.4, 0.5) is 0 Å². The Kier molecular flexibility index (Phi) is 8.32. The van der Waals surface area contributed by atoms with Crippen molar-refractivity contribution in [2.75, 3.05) is 19.6 Å². The molecule has 0 radical (unpaired) electrons. The van der Waals surface area contributed by atoms with Gasteiger partial charge in [0.1, 0.15) is 5.76 Å². The van der Waals surface area contributed by atoms with Crippen LogP contribution in [0.5, 0.6) is 0 Å². The molecule has 0 bridgehead atoms. The first-order chi connectivity index (χ1) is 10.4. The van der Waals surface area contributed by atoms with E-state index in [0.717, 1.165) is 56.4 Å². The molecule has 7 heteroatoms. The number of halogens is 1. The van der Waals surface area contributed by atoms with Crippen molar-refractivity contribution in [3.63, 3.8) is 0 Å². The zero-order chi connectivity index (χ0) is 16.1. The number of hydrogen-bond acceptors (Lipinski definition) is 4. The van der Waals surface area contributed by atoms with E-state index < -0.39 is 0 Å². The Balaban J connectivity index is 0.00000264. The highest BCUT2D eigenvalue weighted by molar-refractivity contribution is 14.0. The summed E-state index contributed by atoms with van der Waals surface area (Å²) in [5.41, 5.74) is 6.84. The van der Waals surface area contributed by atoms with Gasteiger partial charge < -0.3 is 15.5 Å². The van der Waals surface area contributed by atoms with Gasteiger partial charge in [-0.2, -0.15) is 0 Å². The summed E-state index contributed by atoms with van der Waals surface area (Å²) in [6.07, 6.45) is 2.30. The molecule has 0 aliphatic carbocycles. The molecule has 23 heavy (non-hydrogen) atoms. The Bertz CT molecular complexity index is 487. The third-order valence-corrected chi connectivity index (χ3v) is 4.10. The number of aliphatic imine (C=N–C) groups is 1. The smallest absolute Gasteiger partial charge is 0.208 e. The van der Waals surface area contributed by atoms with Gasteiger partial charge in [0.25, 0.3) is 0 Å². The van der Waals surface area contributed by atoms with Crippen LogP contribution in [0.2, 0.25) is 0 Å². The number of oxazole rings is 1. The third-order valence-electron chi connectivity index (χ3n) is 4.10. The fraction of sp³-hybridized carbons (Fsp3) is 0.750. The number of rotatable bonds is 5. The molecule has 0 amide bonds. The van der Waals surface area contributed by atoms with E-state index in [4.69, 9.17) is 10.2 Å². The fourth-order valence-electron chi connectivity index (χ4n) is 2.69. The molecule has 132 valence electrons. The van der Waals surface area contributed by atoms with Crippen molar-refractivity contribution in [3.05, 3.63) is 17.3 Å². The van der Waals surface area contributed by atoms with Crippen LogP contribution in [0, 0.1) is 19.8 Å². The van der Waals surface area contributed by atoms with Gasteiger partial charge in [-0.05, 0) is 59.5 Å². The van der Waals surface area contributed by atoms with Crippen LogP contribution in [0.1, 0.15) is 44.0 Å². The summed E-state index contributed by atoms with van der Waals surface area (Å²) >= 11 is 0. The Morgan fingerprint density at radius 3 is 2.57 bits per heavy atom. The van der Waals surface area contributed by atoms with Crippen molar-refractivity contribution in [3.8, 4) is 0 Å². The van der Waals surface area contributed by atoms with Crippen molar-refractivity contribution < 1.29 is 4.42 Å². The normalized spacial score (nSPS) is 17.3. The van der Waals surface area contributed by atoms with Gasteiger partial charge in [0.05, 0.1) is 12.2 Å². The molecule has 2 heterocycles. The maximum atomic E-state index is 5.85. The van der Waals surface area contributed by atoms with Crippen LogP contribution in [0.25, 0.3) is 0 Å². The number of piperidine rings is 1. The van der Waals surface area contributed by atoms with Gasteiger partial charge in [-0.15, -0.1) is 24.0 Å². The second-order valence-corrected chi connectivity index (χ2v) is 6.49. The van der Waals surface area contributed by atoms with Crippen molar-refractivity contribution in [2.24, 2.45) is 16.6 Å². The minimum absolute atomic E-state index is 0. The van der Waals surface area contributed by atoms with Crippen LogP contribution < -0.4 is 11.1 Å². The molecule has 6 nitrogen and oxygen atoms in total. The summed E-state index contributed by atoms with van der Waals surface area (Å²) in [6.45, 7) is 11.8. The topological polar surface area (TPSA) is 79.7 Å². The first kappa shape index (κ1) is 20.2. The van der Waals surface area contributed by atoms with E-state index in [0.29, 0.717) is 17.9 Å². The maximum absolute atomic E-state index is 5.85. The molecule has 0 saturated carbocycles. The molecule has 1 aromatic rings. The number of aromatic nitrogens is 1. The predicted molar refractivity (Wildman–Crippen MR) is 104 cm³/mol. The highest BCUT2D eigenvalue weighted by Gasteiger charge is 2.20. The summed E-state index contributed by atoms with van der Waals surface area (Å²) in [5.74, 6) is 2.93. The van der Waals surface area contributed by atoms with Crippen molar-refractivity contribution in [1.82, 2.24) is 15.2 Å². The highest BCUT2D eigenvalue weighted by atomic mass is 127. The van der Waals surface area contributed by atoms with E-state index >= 15 is 0 Å². The van der Waals surface area contributed by atoms with Crippen molar-refractivity contribution >= 4 is 29.9 Å². The SMILES string of the molecule is Cc1nc(CN2CCC(CN=C(N)NC(C)C)CC2)oc1C.I. The molecule has 0 aromatic carbocycles. The number of guanidine groups is 1. The lowest BCUT2D eigenvalue weighted by molar-refractivity contribution is 0.166. The molecule has 0 atom stereocenters. The average Bonchev–Trinajstić information content (AvgIpc) is 2.76. The summed E-state index contributed by atoms with van der Waals surface area (Å²) in [4.78, 5) is 11.3. The lowest BCUT2D eigenvalue weighted by Crippen LogP contribution is -2.38. The molecular formula is C16H30IN5O. The lowest BCUT2D eigenvalue weighted by atomic mass is 9.97. The first-order valence-corrected chi connectivity index (χ1v) is 8.15. The number of hydrogen-bond donors (Lipinski definition) is 2. The molecular weight excluding hydrogens is 405 g/mol. The highest BCUT2D eigenvalue weighted by Crippen LogP contribution is 2.20. The van der Waals surface area contributed by atoms with Gasteiger partial charge in [-0.25, -0.2) is 4.98 Å². The predicted octanol–water partition coefficient (Wildman–Crippen LogP) is 2.43. The van der Waals surface area contributed by atoms with E-state index in [1.165, 1.54) is 0 Å². The van der Waals surface area contributed by atoms with E-state index in [9.17, 15) is 0 Å². The molecule has 1 aromatic heterocycles.